The third-order valence-corrected chi connectivity index (χ3v) is 3.88. The highest BCUT2D eigenvalue weighted by Gasteiger charge is 2.17. The highest BCUT2D eigenvalue weighted by atomic mass is 35.5. The fourth-order valence-electron chi connectivity index (χ4n) is 2.81. The van der Waals surface area contributed by atoms with E-state index >= 15 is 0 Å². The summed E-state index contributed by atoms with van der Waals surface area (Å²) in [5.74, 6) is 0.755. The van der Waals surface area contributed by atoms with E-state index in [1.165, 1.54) is 18.5 Å². The lowest BCUT2D eigenvalue weighted by atomic mass is 9.97. The summed E-state index contributed by atoms with van der Waals surface area (Å²) in [7, 11) is 0. The van der Waals surface area contributed by atoms with Gasteiger partial charge < -0.3 is 10.4 Å². The summed E-state index contributed by atoms with van der Waals surface area (Å²) in [4.78, 5) is 2.36. The van der Waals surface area contributed by atoms with Crippen LogP contribution in [0.5, 0.6) is 0 Å². The second kappa shape index (κ2) is 9.34. The van der Waals surface area contributed by atoms with Gasteiger partial charge in [0.15, 0.2) is 0 Å². The van der Waals surface area contributed by atoms with E-state index in [0.717, 1.165) is 45.2 Å². The van der Waals surface area contributed by atoms with E-state index in [1.54, 1.807) is 0 Å². The lowest BCUT2D eigenvalue weighted by Gasteiger charge is -2.29. The predicted octanol–water partition coefficient (Wildman–Crippen LogP) is 1.12. The Morgan fingerprint density at radius 1 is 1.45 bits per heavy atom. The van der Waals surface area contributed by atoms with Crippen molar-refractivity contribution in [2.24, 2.45) is 5.92 Å². The topological polar surface area (TPSA) is 53.3 Å². The van der Waals surface area contributed by atoms with Crippen LogP contribution in [0.1, 0.15) is 25.5 Å². The summed E-state index contributed by atoms with van der Waals surface area (Å²) in [5.41, 5.74) is 1.24. The van der Waals surface area contributed by atoms with Crippen molar-refractivity contribution in [3.8, 4) is 0 Å². The lowest BCUT2D eigenvalue weighted by molar-refractivity contribution is 0.154. The zero-order valence-electron chi connectivity index (χ0n) is 12.3. The maximum atomic E-state index is 9.24. The number of halogens is 1. The summed E-state index contributed by atoms with van der Waals surface area (Å²) >= 11 is 0. The largest absolute Gasteiger partial charge is 0.395 e. The van der Waals surface area contributed by atoms with Crippen molar-refractivity contribution < 1.29 is 5.11 Å². The minimum Gasteiger partial charge on any atom is -0.395 e. The first-order chi connectivity index (χ1) is 9.33. The Hall–Kier alpha value is -0.620. The van der Waals surface area contributed by atoms with Gasteiger partial charge in [-0.25, -0.2) is 0 Å². The molecule has 0 amide bonds. The Kier molecular flexibility index (Phi) is 8.14. The molecule has 0 spiro atoms. The van der Waals surface area contributed by atoms with Gasteiger partial charge in [-0.2, -0.15) is 5.10 Å². The lowest BCUT2D eigenvalue weighted by Crippen LogP contribution is -2.37. The van der Waals surface area contributed by atoms with Crippen LogP contribution >= 0.6 is 12.4 Å². The summed E-state index contributed by atoms with van der Waals surface area (Å²) in [5, 5.41) is 17.0. The molecule has 1 aromatic heterocycles. The zero-order valence-corrected chi connectivity index (χ0v) is 13.1. The Morgan fingerprint density at radius 3 is 2.85 bits per heavy atom. The molecule has 0 atom stereocenters. The molecule has 116 valence electrons. The van der Waals surface area contributed by atoms with Crippen LogP contribution < -0.4 is 5.32 Å². The van der Waals surface area contributed by atoms with Gasteiger partial charge in [0.25, 0.3) is 0 Å². The van der Waals surface area contributed by atoms with Crippen LogP contribution in [0.15, 0.2) is 12.3 Å². The Balaban J connectivity index is 0.00000200. The Labute approximate surface area is 127 Å². The predicted molar refractivity (Wildman–Crippen MR) is 83.1 cm³/mol. The number of piperidine rings is 1. The van der Waals surface area contributed by atoms with Crippen LogP contribution in [-0.2, 0) is 13.1 Å². The molecule has 0 radical (unpaired) electrons. The zero-order chi connectivity index (χ0) is 13.5. The van der Waals surface area contributed by atoms with Crippen LogP contribution in [0.25, 0.3) is 0 Å². The van der Waals surface area contributed by atoms with Gasteiger partial charge in [-0.05, 0) is 44.8 Å². The summed E-state index contributed by atoms with van der Waals surface area (Å²) < 4.78 is 2.03. The Morgan fingerprint density at radius 2 is 2.20 bits per heavy atom. The second-order valence-electron chi connectivity index (χ2n) is 5.29. The monoisotopic (exact) mass is 302 g/mol. The number of nitrogens with one attached hydrogen (secondary N) is 1. The molecular weight excluding hydrogens is 276 g/mol. The fraction of sp³-hybridized carbons (Fsp3) is 0.786. The molecule has 2 N–H and O–H groups in total. The molecular formula is C14H27ClN4O. The standard InChI is InChI=1S/C14H26N4O.ClH/c1-2-18-14(5-8-16-18)12-17(9-10-19)11-13-3-6-15-7-4-13;/h5,8,13,15,19H,2-4,6-7,9-12H2,1H3;1H. The minimum absolute atomic E-state index is 0. The number of aliphatic hydroxyl groups excluding tert-OH is 1. The van der Waals surface area contributed by atoms with Crippen molar-refractivity contribution in [1.29, 1.82) is 0 Å². The molecule has 1 saturated heterocycles. The molecule has 20 heavy (non-hydrogen) atoms. The number of aromatic nitrogens is 2. The molecule has 0 saturated carbocycles. The van der Waals surface area contributed by atoms with Crippen molar-refractivity contribution in [2.75, 3.05) is 32.8 Å². The highest BCUT2D eigenvalue weighted by Crippen LogP contribution is 2.15. The number of aliphatic hydroxyl groups is 1. The molecule has 1 aromatic rings. The van der Waals surface area contributed by atoms with Crippen molar-refractivity contribution >= 4 is 12.4 Å². The van der Waals surface area contributed by atoms with Gasteiger partial charge in [0.05, 0.1) is 12.3 Å². The van der Waals surface area contributed by atoms with Gasteiger partial charge in [0.1, 0.15) is 0 Å². The van der Waals surface area contributed by atoms with E-state index < -0.39 is 0 Å². The quantitative estimate of drug-likeness (QED) is 0.792. The van der Waals surface area contributed by atoms with Crippen molar-refractivity contribution in [2.45, 2.75) is 32.9 Å². The molecule has 5 nitrogen and oxygen atoms in total. The van der Waals surface area contributed by atoms with Crippen LogP contribution in [0, 0.1) is 5.92 Å². The van der Waals surface area contributed by atoms with Gasteiger partial charge in [-0.15, -0.1) is 12.4 Å². The SMILES string of the molecule is CCn1nccc1CN(CCO)CC1CCNCC1.Cl. The third-order valence-electron chi connectivity index (χ3n) is 3.88. The van der Waals surface area contributed by atoms with Crippen LogP contribution in [0.3, 0.4) is 0 Å². The first-order valence-corrected chi connectivity index (χ1v) is 7.38. The van der Waals surface area contributed by atoms with E-state index in [0.29, 0.717) is 0 Å². The van der Waals surface area contributed by atoms with Crippen LogP contribution in [-0.4, -0.2) is 52.6 Å². The third kappa shape index (κ3) is 5.05. The van der Waals surface area contributed by atoms with Crippen molar-refractivity contribution in [3.63, 3.8) is 0 Å². The molecule has 0 aromatic carbocycles. The van der Waals surface area contributed by atoms with Gasteiger partial charge in [-0.1, -0.05) is 0 Å². The van der Waals surface area contributed by atoms with Gasteiger partial charge in [0.2, 0.25) is 0 Å². The average Bonchev–Trinajstić information content (AvgIpc) is 2.87. The van der Waals surface area contributed by atoms with E-state index in [1.807, 2.05) is 10.9 Å². The maximum Gasteiger partial charge on any atom is 0.0558 e. The summed E-state index contributed by atoms with van der Waals surface area (Å²) in [6, 6.07) is 2.08. The van der Waals surface area contributed by atoms with Gasteiger partial charge in [-0.3, -0.25) is 9.58 Å². The molecule has 6 heteroatoms. The Bertz CT molecular complexity index is 366. The molecule has 0 bridgehead atoms. The van der Waals surface area contributed by atoms with E-state index in [2.05, 4.69) is 28.3 Å². The van der Waals surface area contributed by atoms with Crippen molar-refractivity contribution in [3.05, 3.63) is 18.0 Å². The number of aryl methyl sites for hydroxylation is 1. The molecule has 2 rings (SSSR count). The summed E-state index contributed by atoms with van der Waals surface area (Å²) in [6.07, 6.45) is 4.35. The van der Waals surface area contributed by atoms with Crippen LogP contribution in [0.2, 0.25) is 0 Å². The first kappa shape index (κ1) is 17.4. The normalized spacial score (nSPS) is 16.4. The first-order valence-electron chi connectivity index (χ1n) is 7.38. The highest BCUT2D eigenvalue weighted by molar-refractivity contribution is 5.85. The van der Waals surface area contributed by atoms with E-state index in [-0.39, 0.29) is 19.0 Å². The molecule has 0 unspecified atom stereocenters. The maximum absolute atomic E-state index is 9.24. The van der Waals surface area contributed by atoms with E-state index in [4.69, 9.17) is 0 Å². The van der Waals surface area contributed by atoms with Gasteiger partial charge >= 0.3 is 0 Å². The molecule has 1 aliphatic heterocycles. The second-order valence-corrected chi connectivity index (χ2v) is 5.29. The summed E-state index contributed by atoms with van der Waals surface area (Å²) in [6.45, 7) is 8.22. The number of hydrogen-bond acceptors (Lipinski definition) is 4. The van der Waals surface area contributed by atoms with E-state index in [9.17, 15) is 5.11 Å². The molecule has 2 heterocycles. The van der Waals surface area contributed by atoms with Crippen LogP contribution in [0.4, 0.5) is 0 Å². The minimum atomic E-state index is 0. The molecule has 1 aliphatic rings. The molecule has 1 fully saturated rings. The number of hydrogen-bond donors (Lipinski definition) is 2. The fourth-order valence-corrected chi connectivity index (χ4v) is 2.81. The number of nitrogens with zero attached hydrogens (tertiary/aromatic N) is 3. The average molecular weight is 303 g/mol. The smallest absolute Gasteiger partial charge is 0.0558 e. The number of rotatable bonds is 7. The molecule has 0 aliphatic carbocycles. The van der Waals surface area contributed by atoms with Gasteiger partial charge in [0, 0.05) is 32.4 Å². The van der Waals surface area contributed by atoms with Crippen molar-refractivity contribution in [1.82, 2.24) is 20.0 Å².